The minimum absolute atomic E-state index is 0.0408. The summed E-state index contributed by atoms with van der Waals surface area (Å²) in [5.41, 5.74) is 0.620. The van der Waals surface area contributed by atoms with Crippen LogP contribution in [0.5, 0.6) is 0 Å². The summed E-state index contributed by atoms with van der Waals surface area (Å²) >= 11 is 9.21. The van der Waals surface area contributed by atoms with Crippen molar-refractivity contribution < 1.29 is 14.3 Å². The number of nitrogens with zero attached hydrogens (tertiary/aromatic N) is 3. The molecule has 150 valence electrons. The minimum atomic E-state index is -0.0972. The molecule has 0 saturated carbocycles. The van der Waals surface area contributed by atoms with Crippen LogP contribution in [0.2, 0.25) is 0 Å². The number of ether oxygens (including phenoxy) is 2. The average molecular weight is 412 g/mol. The Labute approximate surface area is 172 Å². The molecule has 1 aromatic carbocycles. The molecule has 2 atom stereocenters. The molecule has 3 rings (SSSR count). The fourth-order valence-electron chi connectivity index (χ4n) is 3.36. The molecular weight excluding hydrogens is 382 g/mol. The second-order valence-corrected chi connectivity index (χ2v) is 8.04. The van der Waals surface area contributed by atoms with Crippen LogP contribution in [0, 0.1) is 0 Å². The lowest BCUT2D eigenvalue weighted by atomic mass is 10.2. The van der Waals surface area contributed by atoms with Gasteiger partial charge in [0, 0.05) is 51.4 Å². The summed E-state index contributed by atoms with van der Waals surface area (Å²) in [5.74, 6) is 0.0543. The SMILES string of the molecule is O=C(c1ccccc1)N(CCN1CCOCC1)CC(S)N1CCOC(S)C1. The number of carbonyl (C=O) groups is 1. The maximum Gasteiger partial charge on any atom is 0.253 e. The third-order valence-corrected chi connectivity index (χ3v) is 5.78. The highest BCUT2D eigenvalue weighted by atomic mass is 32.1. The van der Waals surface area contributed by atoms with Crippen LogP contribution in [-0.2, 0) is 9.47 Å². The summed E-state index contributed by atoms with van der Waals surface area (Å²) in [7, 11) is 0. The molecular formula is C19H29N3O3S2. The first kappa shape index (κ1) is 21.0. The van der Waals surface area contributed by atoms with Gasteiger partial charge in [-0.15, -0.1) is 12.6 Å². The average Bonchev–Trinajstić information content (AvgIpc) is 2.72. The van der Waals surface area contributed by atoms with Crippen LogP contribution in [-0.4, -0.2) is 97.1 Å². The Morgan fingerprint density at radius 1 is 1.19 bits per heavy atom. The van der Waals surface area contributed by atoms with E-state index in [1.165, 1.54) is 0 Å². The number of rotatable bonds is 7. The zero-order valence-corrected chi connectivity index (χ0v) is 17.4. The largest absolute Gasteiger partial charge is 0.379 e. The van der Waals surface area contributed by atoms with E-state index in [9.17, 15) is 4.79 Å². The quantitative estimate of drug-likeness (QED) is 0.663. The predicted molar refractivity (Wildman–Crippen MR) is 113 cm³/mol. The highest BCUT2D eigenvalue weighted by molar-refractivity contribution is 7.81. The first-order valence-corrected chi connectivity index (χ1v) is 10.5. The monoisotopic (exact) mass is 411 g/mol. The van der Waals surface area contributed by atoms with Crippen LogP contribution in [0.15, 0.2) is 30.3 Å². The smallest absolute Gasteiger partial charge is 0.253 e. The van der Waals surface area contributed by atoms with Crippen LogP contribution in [0.3, 0.4) is 0 Å². The van der Waals surface area contributed by atoms with Crippen molar-refractivity contribution in [3.63, 3.8) is 0 Å². The van der Waals surface area contributed by atoms with Crippen LogP contribution >= 0.6 is 25.3 Å². The summed E-state index contributed by atoms with van der Waals surface area (Å²) in [6, 6.07) is 9.47. The van der Waals surface area contributed by atoms with Gasteiger partial charge in [0.2, 0.25) is 0 Å². The maximum absolute atomic E-state index is 13.1. The van der Waals surface area contributed by atoms with Crippen LogP contribution < -0.4 is 0 Å². The van der Waals surface area contributed by atoms with Crippen molar-refractivity contribution in [3.8, 4) is 0 Å². The van der Waals surface area contributed by atoms with Gasteiger partial charge in [-0.2, -0.15) is 12.6 Å². The van der Waals surface area contributed by atoms with Crippen molar-refractivity contribution in [3.05, 3.63) is 35.9 Å². The van der Waals surface area contributed by atoms with E-state index in [4.69, 9.17) is 22.1 Å². The Morgan fingerprint density at radius 2 is 1.93 bits per heavy atom. The number of morpholine rings is 2. The fourth-order valence-corrected chi connectivity index (χ4v) is 4.08. The lowest BCUT2D eigenvalue weighted by Crippen LogP contribution is -2.50. The molecule has 0 N–H and O–H groups in total. The van der Waals surface area contributed by atoms with Crippen LogP contribution in [0.1, 0.15) is 10.4 Å². The summed E-state index contributed by atoms with van der Waals surface area (Å²) in [6.45, 7) is 7.63. The number of hydrogen-bond acceptors (Lipinski definition) is 7. The molecule has 2 aliphatic heterocycles. The molecule has 1 aromatic rings. The van der Waals surface area contributed by atoms with E-state index in [0.717, 1.165) is 39.4 Å². The first-order valence-electron chi connectivity index (χ1n) is 9.49. The molecule has 8 heteroatoms. The van der Waals surface area contributed by atoms with E-state index in [1.807, 2.05) is 35.2 Å². The molecule has 2 aliphatic rings. The van der Waals surface area contributed by atoms with Gasteiger partial charge in [0.25, 0.3) is 5.91 Å². The normalized spacial score (nSPS) is 23.1. The fraction of sp³-hybridized carbons (Fsp3) is 0.632. The Bertz CT molecular complexity index is 587. The van der Waals surface area contributed by atoms with E-state index in [1.54, 1.807) is 0 Å². The summed E-state index contributed by atoms with van der Waals surface area (Å²) in [4.78, 5) is 19.6. The predicted octanol–water partition coefficient (Wildman–Crippen LogP) is 1.30. The maximum atomic E-state index is 13.1. The Hall–Kier alpha value is -0.770. The van der Waals surface area contributed by atoms with E-state index in [0.29, 0.717) is 31.8 Å². The zero-order valence-electron chi connectivity index (χ0n) is 15.6. The third kappa shape index (κ3) is 6.37. The molecule has 0 spiro atoms. The van der Waals surface area contributed by atoms with Gasteiger partial charge in [0.15, 0.2) is 0 Å². The van der Waals surface area contributed by atoms with Gasteiger partial charge in [-0.25, -0.2) is 0 Å². The third-order valence-electron chi connectivity index (χ3n) is 4.98. The van der Waals surface area contributed by atoms with E-state index >= 15 is 0 Å². The van der Waals surface area contributed by atoms with Gasteiger partial charge in [-0.3, -0.25) is 14.6 Å². The minimum Gasteiger partial charge on any atom is -0.379 e. The second-order valence-electron chi connectivity index (χ2n) is 6.87. The molecule has 6 nitrogen and oxygen atoms in total. The molecule has 27 heavy (non-hydrogen) atoms. The number of carbonyl (C=O) groups excluding carboxylic acids is 1. The van der Waals surface area contributed by atoms with Gasteiger partial charge in [-0.1, -0.05) is 18.2 Å². The molecule has 0 aromatic heterocycles. The van der Waals surface area contributed by atoms with Crippen molar-refractivity contribution in [1.82, 2.24) is 14.7 Å². The molecule has 0 bridgehead atoms. The standard InChI is InChI=1S/C19H29N3O3S2/c23-19(16-4-2-1-3-5-16)22(7-6-20-8-11-24-12-9-20)14-17(26)21-10-13-25-18(27)15-21/h1-5,17-18,26-27H,6-15H2. The number of thiol groups is 2. The van der Waals surface area contributed by atoms with Crippen molar-refractivity contribution in [1.29, 1.82) is 0 Å². The van der Waals surface area contributed by atoms with Crippen molar-refractivity contribution >= 4 is 31.2 Å². The van der Waals surface area contributed by atoms with Gasteiger partial charge in [0.05, 0.1) is 25.2 Å². The Morgan fingerprint density at radius 3 is 2.63 bits per heavy atom. The summed E-state index contributed by atoms with van der Waals surface area (Å²) in [6.07, 6.45) is 0. The Balaban J connectivity index is 1.63. The molecule has 2 saturated heterocycles. The van der Waals surface area contributed by atoms with E-state index in [-0.39, 0.29) is 16.7 Å². The molecule has 2 unspecified atom stereocenters. The van der Waals surface area contributed by atoms with Crippen molar-refractivity contribution in [2.45, 2.75) is 10.8 Å². The number of hydrogen-bond donors (Lipinski definition) is 2. The number of benzene rings is 1. The molecule has 0 aliphatic carbocycles. The van der Waals surface area contributed by atoms with Crippen molar-refractivity contribution in [2.75, 3.05) is 65.6 Å². The lowest BCUT2D eigenvalue weighted by molar-refractivity contribution is 0.00808. The highest BCUT2D eigenvalue weighted by Crippen LogP contribution is 2.16. The Kier molecular flexibility index (Phi) is 8.29. The van der Waals surface area contributed by atoms with Crippen LogP contribution in [0.4, 0.5) is 0 Å². The first-order chi connectivity index (χ1) is 13.1. The van der Waals surface area contributed by atoms with Gasteiger partial charge < -0.3 is 14.4 Å². The van der Waals surface area contributed by atoms with Gasteiger partial charge in [-0.05, 0) is 12.1 Å². The highest BCUT2D eigenvalue weighted by Gasteiger charge is 2.26. The number of amides is 1. The second kappa shape index (κ2) is 10.7. The summed E-state index contributed by atoms with van der Waals surface area (Å²) in [5, 5.41) is -0.0408. The van der Waals surface area contributed by atoms with Gasteiger partial charge >= 0.3 is 0 Å². The topological polar surface area (TPSA) is 45.2 Å². The molecule has 2 heterocycles. The molecule has 0 radical (unpaired) electrons. The van der Waals surface area contributed by atoms with E-state index in [2.05, 4.69) is 22.4 Å². The molecule has 2 fully saturated rings. The van der Waals surface area contributed by atoms with E-state index < -0.39 is 0 Å². The summed E-state index contributed by atoms with van der Waals surface area (Å²) < 4.78 is 10.9. The van der Waals surface area contributed by atoms with Crippen LogP contribution in [0.25, 0.3) is 0 Å². The lowest BCUT2D eigenvalue weighted by Gasteiger charge is -2.37. The molecule has 1 amide bonds. The van der Waals surface area contributed by atoms with Gasteiger partial charge in [0.1, 0.15) is 5.44 Å². The van der Waals surface area contributed by atoms with Crippen molar-refractivity contribution in [2.24, 2.45) is 0 Å². The zero-order chi connectivity index (χ0) is 19.1.